The third-order valence-electron chi connectivity index (χ3n) is 2.51. The first kappa shape index (κ1) is 13.7. The quantitative estimate of drug-likeness (QED) is 0.602. The Morgan fingerprint density at radius 2 is 2.00 bits per heavy atom. The molecule has 1 atom stereocenters. The lowest BCUT2D eigenvalue weighted by Gasteiger charge is -2.26. The second-order valence-corrected chi connectivity index (χ2v) is 4.12. The summed E-state index contributed by atoms with van der Waals surface area (Å²) in [5, 5.41) is 3.44. The molecule has 0 bridgehead atoms. The van der Waals surface area contributed by atoms with Crippen LogP contribution in [0.25, 0.3) is 0 Å². The average Bonchev–Trinajstić information content (AvgIpc) is 2.13. The summed E-state index contributed by atoms with van der Waals surface area (Å²) < 4.78 is 0. The van der Waals surface area contributed by atoms with Crippen LogP contribution in [0.4, 0.5) is 0 Å². The monoisotopic (exact) mass is 198 g/mol. The van der Waals surface area contributed by atoms with Gasteiger partial charge in [0, 0.05) is 18.6 Å². The smallest absolute Gasteiger partial charge is 0.0163 e. The molecule has 1 N–H and O–H groups in total. The minimum atomic E-state index is 0.594. The number of hydrogen-bond donors (Lipinski definition) is 1. The van der Waals surface area contributed by atoms with Gasteiger partial charge in [-0.25, -0.2) is 0 Å². The Bertz CT molecular complexity index is 143. The lowest BCUT2D eigenvalue weighted by Crippen LogP contribution is -2.36. The van der Waals surface area contributed by atoms with Crippen molar-refractivity contribution in [1.82, 2.24) is 10.2 Å². The van der Waals surface area contributed by atoms with Crippen LogP contribution in [-0.4, -0.2) is 36.6 Å². The fourth-order valence-electron chi connectivity index (χ4n) is 1.55. The first-order chi connectivity index (χ1) is 6.61. The van der Waals surface area contributed by atoms with Crippen molar-refractivity contribution >= 4 is 0 Å². The third-order valence-corrected chi connectivity index (χ3v) is 2.51. The first-order valence-electron chi connectivity index (χ1n) is 5.70. The van der Waals surface area contributed by atoms with Crippen molar-refractivity contribution in [3.8, 4) is 0 Å². The maximum Gasteiger partial charge on any atom is 0.0163 e. The van der Waals surface area contributed by atoms with Crippen molar-refractivity contribution in [2.45, 2.75) is 46.2 Å². The molecule has 0 saturated heterocycles. The van der Waals surface area contributed by atoms with E-state index in [0.717, 1.165) is 19.6 Å². The van der Waals surface area contributed by atoms with Gasteiger partial charge >= 0.3 is 0 Å². The SMILES string of the molecule is C=CCN(CC)C(C)CCNC(C)C. The minimum Gasteiger partial charge on any atom is -0.314 e. The van der Waals surface area contributed by atoms with Crippen LogP contribution in [0.5, 0.6) is 0 Å². The standard InChI is InChI=1S/C12H26N2/c1-6-10-14(7-2)12(5)8-9-13-11(3)4/h6,11-13H,1,7-10H2,2-5H3. The maximum absolute atomic E-state index is 3.78. The van der Waals surface area contributed by atoms with E-state index in [1.54, 1.807) is 0 Å². The van der Waals surface area contributed by atoms with Gasteiger partial charge in [-0.05, 0) is 26.4 Å². The van der Waals surface area contributed by atoms with E-state index in [4.69, 9.17) is 0 Å². The van der Waals surface area contributed by atoms with Gasteiger partial charge in [-0.15, -0.1) is 6.58 Å². The van der Waals surface area contributed by atoms with Crippen LogP contribution in [0.1, 0.15) is 34.1 Å². The number of likely N-dealkylation sites (N-methyl/N-ethyl adjacent to an activating group) is 1. The van der Waals surface area contributed by atoms with Crippen molar-refractivity contribution in [3.05, 3.63) is 12.7 Å². The fraction of sp³-hybridized carbons (Fsp3) is 0.833. The minimum absolute atomic E-state index is 0.594. The fourth-order valence-corrected chi connectivity index (χ4v) is 1.55. The molecule has 0 aromatic carbocycles. The summed E-state index contributed by atoms with van der Waals surface area (Å²) in [6, 6.07) is 1.24. The molecule has 0 aliphatic rings. The van der Waals surface area contributed by atoms with Crippen LogP contribution in [0.3, 0.4) is 0 Å². The van der Waals surface area contributed by atoms with E-state index in [2.05, 4.69) is 44.5 Å². The van der Waals surface area contributed by atoms with Gasteiger partial charge in [0.05, 0.1) is 0 Å². The summed E-state index contributed by atoms with van der Waals surface area (Å²) >= 11 is 0. The molecule has 0 saturated carbocycles. The van der Waals surface area contributed by atoms with Gasteiger partial charge in [0.1, 0.15) is 0 Å². The van der Waals surface area contributed by atoms with Crippen LogP contribution in [0.2, 0.25) is 0 Å². The Labute approximate surface area is 89.4 Å². The Morgan fingerprint density at radius 1 is 1.36 bits per heavy atom. The number of nitrogens with one attached hydrogen (secondary N) is 1. The van der Waals surface area contributed by atoms with Gasteiger partial charge in [-0.3, -0.25) is 4.90 Å². The maximum atomic E-state index is 3.78. The second kappa shape index (κ2) is 8.01. The van der Waals surface area contributed by atoms with E-state index < -0.39 is 0 Å². The van der Waals surface area contributed by atoms with E-state index in [9.17, 15) is 0 Å². The number of nitrogens with zero attached hydrogens (tertiary/aromatic N) is 1. The second-order valence-electron chi connectivity index (χ2n) is 4.12. The highest BCUT2D eigenvalue weighted by Crippen LogP contribution is 2.02. The molecule has 1 unspecified atom stereocenters. The zero-order chi connectivity index (χ0) is 11.0. The van der Waals surface area contributed by atoms with Crippen LogP contribution in [0.15, 0.2) is 12.7 Å². The zero-order valence-corrected chi connectivity index (χ0v) is 10.2. The number of rotatable bonds is 8. The summed E-state index contributed by atoms with van der Waals surface area (Å²) in [6.45, 7) is 15.9. The highest BCUT2D eigenvalue weighted by Gasteiger charge is 2.09. The molecule has 0 rings (SSSR count). The Balaban J connectivity index is 3.68. The third kappa shape index (κ3) is 6.17. The molecular weight excluding hydrogens is 172 g/mol. The van der Waals surface area contributed by atoms with Crippen molar-refractivity contribution in [2.24, 2.45) is 0 Å². The lowest BCUT2D eigenvalue weighted by molar-refractivity contribution is 0.230. The normalized spacial score (nSPS) is 13.6. The van der Waals surface area contributed by atoms with Crippen LogP contribution < -0.4 is 5.32 Å². The van der Waals surface area contributed by atoms with Crippen LogP contribution in [0, 0.1) is 0 Å². The Hall–Kier alpha value is -0.340. The van der Waals surface area contributed by atoms with Gasteiger partial charge in [-0.2, -0.15) is 0 Å². The molecule has 0 heterocycles. The summed E-state index contributed by atoms with van der Waals surface area (Å²) in [5.41, 5.74) is 0. The molecule has 0 aliphatic heterocycles. The molecule has 0 aromatic rings. The molecule has 2 heteroatoms. The number of hydrogen-bond acceptors (Lipinski definition) is 2. The van der Waals surface area contributed by atoms with E-state index in [0.29, 0.717) is 12.1 Å². The lowest BCUT2D eigenvalue weighted by atomic mass is 10.2. The zero-order valence-electron chi connectivity index (χ0n) is 10.2. The Morgan fingerprint density at radius 3 is 2.43 bits per heavy atom. The predicted octanol–water partition coefficient (Wildman–Crippen LogP) is 2.27. The van der Waals surface area contributed by atoms with Crippen LogP contribution >= 0.6 is 0 Å². The van der Waals surface area contributed by atoms with Gasteiger partial charge in [-0.1, -0.05) is 26.8 Å². The van der Waals surface area contributed by atoms with Crippen molar-refractivity contribution in [1.29, 1.82) is 0 Å². The summed E-state index contributed by atoms with van der Waals surface area (Å²) in [7, 11) is 0. The van der Waals surface area contributed by atoms with E-state index >= 15 is 0 Å². The average molecular weight is 198 g/mol. The van der Waals surface area contributed by atoms with Crippen LogP contribution in [-0.2, 0) is 0 Å². The predicted molar refractivity (Wildman–Crippen MR) is 64.7 cm³/mol. The molecule has 2 nitrogen and oxygen atoms in total. The summed E-state index contributed by atoms with van der Waals surface area (Å²) in [5.74, 6) is 0. The molecule has 0 amide bonds. The molecule has 14 heavy (non-hydrogen) atoms. The molecular formula is C12H26N2. The largest absolute Gasteiger partial charge is 0.314 e. The molecule has 0 radical (unpaired) electrons. The van der Waals surface area contributed by atoms with E-state index in [1.165, 1.54) is 6.42 Å². The molecule has 0 aliphatic carbocycles. The van der Waals surface area contributed by atoms with Gasteiger partial charge in [0.25, 0.3) is 0 Å². The van der Waals surface area contributed by atoms with E-state index in [1.807, 2.05) is 6.08 Å². The molecule has 0 aromatic heterocycles. The topological polar surface area (TPSA) is 15.3 Å². The Kier molecular flexibility index (Phi) is 7.81. The first-order valence-corrected chi connectivity index (χ1v) is 5.70. The van der Waals surface area contributed by atoms with Gasteiger partial charge in [0.15, 0.2) is 0 Å². The summed E-state index contributed by atoms with van der Waals surface area (Å²) in [4.78, 5) is 2.44. The summed E-state index contributed by atoms with van der Waals surface area (Å²) in [6.07, 6.45) is 3.19. The van der Waals surface area contributed by atoms with Crippen molar-refractivity contribution in [2.75, 3.05) is 19.6 Å². The molecule has 0 fully saturated rings. The van der Waals surface area contributed by atoms with Crippen molar-refractivity contribution < 1.29 is 0 Å². The van der Waals surface area contributed by atoms with E-state index in [-0.39, 0.29) is 0 Å². The highest BCUT2D eigenvalue weighted by atomic mass is 15.1. The van der Waals surface area contributed by atoms with Gasteiger partial charge < -0.3 is 5.32 Å². The van der Waals surface area contributed by atoms with Crippen molar-refractivity contribution in [3.63, 3.8) is 0 Å². The molecule has 0 spiro atoms. The molecule has 84 valence electrons. The highest BCUT2D eigenvalue weighted by molar-refractivity contribution is 4.77. The van der Waals surface area contributed by atoms with Gasteiger partial charge in [0.2, 0.25) is 0 Å².